The number of imide groups is 1. The molecule has 30 heavy (non-hydrogen) atoms. The predicted molar refractivity (Wildman–Crippen MR) is 117 cm³/mol. The van der Waals surface area contributed by atoms with Crippen molar-refractivity contribution in [1.82, 2.24) is 4.90 Å². The highest BCUT2D eigenvalue weighted by Gasteiger charge is 2.36. The lowest BCUT2D eigenvalue weighted by molar-refractivity contribution is -0.140. The number of carbonyl (C=O) groups excluding carboxylic acids is 2. The number of carboxylic acid groups (broad SMARTS) is 1. The van der Waals surface area contributed by atoms with Gasteiger partial charge in [0.2, 0.25) is 0 Å². The number of thioether (sulfide) groups is 1. The minimum atomic E-state index is -1.25. The maximum absolute atomic E-state index is 12.4. The summed E-state index contributed by atoms with van der Waals surface area (Å²) in [5, 5.41) is 8.25. The van der Waals surface area contributed by atoms with E-state index in [4.69, 9.17) is 14.6 Å². The fraction of sp³-hybridized carbons (Fsp3) is 0.190. The molecule has 2 aromatic carbocycles. The third-order valence-electron chi connectivity index (χ3n) is 4.21. The first kappa shape index (κ1) is 21.9. The second-order valence-electron chi connectivity index (χ2n) is 6.46. The Morgan fingerprint density at radius 2 is 2.00 bits per heavy atom. The maximum Gasteiger partial charge on any atom is 0.323 e. The fourth-order valence-electron chi connectivity index (χ4n) is 2.81. The van der Waals surface area contributed by atoms with Crippen LogP contribution in [0.5, 0.6) is 11.5 Å². The normalized spacial score (nSPS) is 15.0. The molecule has 1 saturated heterocycles. The number of benzene rings is 2. The topological polar surface area (TPSA) is 93.1 Å². The molecule has 0 aliphatic carbocycles. The molecule has 0 atom stereocenters. The van der Waals surface area contributed by atoms with Crippen LogP contribution < -0.4 is 9.47 Å². The van der Waals surface area contributed by atoms with Gasteiger partial charge in [0.25, 0.3) is 11.1 Å². The van der Waals surface area contributed by atoms with E-state index in [1.807, 2.05) is 31.2 Å². The van der Waals surface area contributed by atoms with Crippen molar-refractivity contribution in [2.75, 3.05) is 13.7 Å². The average molecular weight is 492 g/mol. The van der Waals surface area contributed by atoms with Crippen molar-refractivity contribution in [2.45, 2.75) is 13.5 Å². The van der Waals surface area contributed by atoms with Gasteiger partial charge >= 0.3 is 5.97 Å². The molecule has 0 radical (unpaired) electrons. The molecule has 1 heterocycles. The summed E-state index contributed by atoms with van der Waals surface area (Å²) in [5.74, 6) is -0.918. The van der Waals surface area contributed by atoms with E-state index < -0.39 is 23.7 Å². The summed E-state index contributed by atoms with van der Waals surface area (Å²) in [6.07, 6.45) is 1.52. The zero-order chi connectivity index (χ0) is 21.8. The Balaban J connectivity index is 1.83. The van der Waals surface area contributed by atoms with Crippen LogP contribution in [0.1, 0.15) is 16.7 Å². The largest absolute Gasteiger partial charge is 0.493 e. The van der Waals surface area contributed by atoms with Crippen molar-refractivity contribution in [3.05, 3.63) is 62.5 Å². The van der Waals surface area contributed by atoms with E-state index in [0.717, 1.165) is 11.1 Å². The third-order valence-corrected chi connectivity index (χ3v) is 5.81. The summed E-state index contributed by atoms with van der Waals surface area (Å²) in [6, 6.07) is 11.4. The number of aryl methyl sites for hydroxylation is 1. The van der Waals surface area contributed by atoms with Crippen molar-refractivity contribution in [3.63, 3.8) is 0 Å². The van der Waals surface area contributed by atoms with Gasteiger partial charge in [-0.05, 0) is 48.0 Å². The van der Waals surface area contributed by atoms with Gasteiger partial charge in [0.05, 0.1) is 12.0 Å². The van der Waals surface area contributed by atoms with Crippen molar-refractivity contribution in [3.8, 4) is 11.5 Å². The summed E-state index contributed by atoms with van der Waals surface area (Å²) < 4.78 is 11.9. The number of rotatable bonds is 7. The van der Waals surface area contributed by atoms with Gasteiger partial charge in [-0.3, -0.25) is 19.3 Å². The molecule has 3 rings (SSSR count). The van der Waals surface area contributed by atoms with Gasteiger partial charge in [-0.2, -0.15) is 0 Å². The first-order valence-electron chi connectivity index (χ1n) is 8.81. The molecular formula is C21H18BrNO6S. The molecule has 0 unspecified atom stereocenters. The monoisotopic (exact) mass is 491 g/mol. The molecule has 2 amide bonds. The maximum atomic E-state index is 12.4. The molecule has 1 aliphatic heterocycles. The Morgan fingerprint density at radius 1 is 1.23 bits per heavy atom. The van der Waals surface area contributed by atoms with Crippen LogP contribution in [0.2, 0.25) is 0 Å². The van der Waals surface area contributed by atoms with Crippen LogP contribution in [-0.4, -0.2) is 40.8 Å². The van der Waals surface area contributed by atoms with Gasteiger partial charge in [-0.1, -0.05) is 45.8 Å². The predicted octanol–water partition coefficient (Wildman–Crippen LogP) is 4.47. The number of methoxy groups -OCH3 is 1. The van der Waals surface area contributed by atoms with E-state index in [1.165, 1.54) is 13.2 Å². The van der Waals surface area contributed by atoms with Crippen molar-refractivity contribution < 1.29 is 29.0 Å². The second kappa shape index (κ2) is 9.36. The molecule has 0 aromatic heterocycles. The highest BCUT2D eigenvalue weighted by Crippen LogP contribution is 2.38. The Labute approximate surface area is 185 Å². The zero-order valence-electron chi connectivity index (χ0n) is 16.2. The number of carboxylic acids is 1. The molecule has 2 aromatic rings. The Morgan fingerprint density at radius 3 is 2.67 bits per heavy atom. The lowest BCUT2D eigenvalue weighted by atomic mass is 10.1. The number of halogens is 1. The Bertz CT molecular complexity index is 1050. The molecule has 0 saturated carbocycles. The van der Waals surface area contributed by atoms with Gasteiger partial charge in [-0.25, -0.2) is 0 Å². The SMILES string of the molecule is COc1cc(/C=C2/SC(=O)N(CC(=O)O)C2=O)c(Br)cc1OCc1cccc(C)c1. The zero-order valence-corrected chi connectivity index (χ0v) is 18.6. The van der Waals surface area contributed by atoms with Crippen LogP contribution in [0.25, 0.3) is 6.08 Å². The van der Waals surface area contributed by atoms with Crippen LogP contribution in [-0.2, 0) is 16.2 Å². The lowest BCUT2D eigenvalue weighted by Gasteiger charge is -2.13. The highest BCUT2D eigenvalue weighted by atomic mass is 79.9. The highest BCUT2D eigenvalue weighted by molar-refractivity contribution is 9.10. The molecule has 1 aliphatic rings. The standard InChI is InChI=1S/C21H18BrNO6S/c1-12-4-3-5-13(6-12)11-29-17-9-15(22)14(7-16(17)28-2)8-18-20(26)23(10-19(24)25)21(27)30-18/h3-9H,10-11H2,1-2H3,(H,24,25)/b18-8+. The van der Waals surface area contributed by atoms with Gasteiger partial charge in [0, 0.05) is 4.47 Å². The summed E-state index contributed by atoms with van der Waals surface area (Å²) in [6.45, 7) is 1.70. The quantitative estimate of drug-likeness (QED) is 0.571. The summed E-state index contributed by atoms with van der Waals surface area (Å²) in [5.41, 5.74) is 2.75. The van der Waals surface area contributed by atoms with E-state index >= 15 is 0 Å². The molecule has 156 valence electrons. The first-order valence-corrected chi connectivity index (χ1v) is 10.4. The van der Waals surface area contributed by atoms with E-state index in [-0.39, 0.29) is 4.91 Å². The Kier molecular flexibility index (Phi) is 6.84. The van der Waals surface area contributed by atoms with Gasteiger partial charge in [0.15, 0.2) is 11.5 Å². The minimum Gasteiger partial charge on any atom is -0.493 e. The molecule has 9 heteroatoms. The molecule has 1 fully saturated rings. The van der Waals surface area contributed by atoms with Crippen molar-refractivity contribution in [2.24, 2.45) is 0 Å². The molecule has 0 bridgehead atoms. The second-order valence-corrected chi connectivity index (χ2v) is 8.31. The number of nitrogens with zero attached hydrogens (tertiary/aromatic N) is 1. The summed E-state index contributed by atoms with van der Waals surface area (Å²) in [4.78, 5) is 36.0. The van der Waals surface area contributed by atoms with Crippen molar-refractivity contribution >= 4 is 50.9 Å². The summed E-state index contributed by atoms with van der Waals surface area (Å²) >= 11 is 4.15. The molecule has 1 N–H and O–H groups in total. The van der Waals surface area contributed by atoms with Gasteiger partial charge < -0.3 is 14.6 Å². The van der Waals surface area contributed by atoms with Crippen LogP contribution in [0.3, 0.4) is 0 Å². The van der Waals surface area contributed by atoms with Crippen molar-refractivity contribution in [1.29, 1.82) is 0 Å². The third kappa shape index (κ3) is 5.03. The van der Waals surface area contributed by atoms with Crippen LogP contribution in [0, 0.1) is 6.92 Å². The van der Waals surface area contributed by atoms with E-state index in [0.29, 0.717) is 44.8 Å². The fourth-order valence-corrected chi connectivity index (χ4v) is 4.08. The van der Waals surface area contributed by atoms with Gasteiger partial charge in [-0.15, -0.1) is 0 Å². The number of carbonyl (C=O) groups is 3. The van der Waals surface area contributed by atoms with Crippen LogP contribution in [0.4, 0.5) is 4.79 Å². The van der Waals surface area contributed by atoms with Crippen LogP contribution >= 0.6 is 27.7 Å². The average Bonchev–Trinajstić information content (AvgIpc) is 2.95. The number of ether oxygens (including phenoxy) is 2. The van der Waals surface area contributed by atoms with Gasteiger partial charge in [0.1, 0.15) is 13.2 Å². The minimum absolute atomic E-state index is 0.137. The molecule has 7 nitrogen and oxygen atoms in total. The lowest BCUT2D eigenvalue weighted by Crippen LogP contribution is -2.33. The number of hydrogen-bond acceptors (Lipinski definition) is 6. The number of aliphatic carboxylic acids is 1. The smallest absolute Gasteiger partial charge is 0.323 e. The van der Waals surface area contributed by atoms with E-state index in [2.05, 4.69) is 15.9 Å². The molecule has 0 spiro atoms. The summed E-state index contributed by atoms with van der Waals surface area (Å²) in [7, 11) is 1.51. The van der Waals surface area contributed by atoms with E-state index in [1.54, 1.807) is 12.1 Å². The molecular weight excluding hydrogens is 474 g/mol. The first-order chi connectivity index (χ1) is 14.3. The van der Waals surface area contributed by atoms with E-state index in [9.17, 15) is 14.4 Å². The number of hydrogen-bond donors (Lipinski definition) is 1. The Hall–Kier alpha value is -2.78. The van der Waals surface area contributed by atoms with Crippen LogP contribution in [0.15, 0.2) is 45.8 Å². The number of amides is 2.